The summed E-state index contributed by atoms with van der Waals surface area (Å²) in [5, 5.41) is 8.69. The summed E-state index contributed by atoms with van der Waals surface area (Å²) in [6, 6.07) is 3.54. The van der Waals surface area contributed by atoms with Crippen LogP contribution >= 0.6 is 23.1 Å². The standard InChI is InChI=1S/C9H13NO2S2/c10-4-1-5-13-6-7-2-3-8(14-7)9(11)12/h2-3H,1,4-6,10H2,(H,11,12). The van der Waals surface area contributed by atoms with Crippen molar-refractivity contribution in [3.8, 4) is 0 Å². The fourth-order valence-electron chi connectivity index (χ4n) is 0.929. The van der Waals surface area contributed by atoms with Crippen LogP contribution in [0.15, 0.2) is 12.1 Å². The minimum absolute atomic E-state index is 0.416. The zero-order valence-electron chi connectivity index (χ0n) is 7.73. The van der Waals surface area contributed by atoms with Gasteiger partial charge in [-0.2, -0.15) is 11.8 Å². The van der Waals surface area contributed by atoms with Crippen LogP contribution in [0, 0.1) is 0 Å². The molecule has 3 nitrogen and oxygen atoms in total. The van der Waals surface area contributed by atoms with Crippen LogP contribution in [0.1, 0.15) is 21.0 Å². The minimum Gasteiger partial charge on any atom is -0.477 e. The normalized spacial score (nSPS) is 10.4. The predicted molar refractivity (Wildman–Crippen MR) is 61.1 cm³/mol. The van der Waals surface area contributed by atoms with E-state index in [1.807, 2.05) is 6.07 Å². The molecule has 78 valence electrons. The molecule has 0 radical (unpaired) electrons. The van der Waals surface area contributed by atoms with Crippen molar-refractivity contribution in [1.82, 2.24) is 0 Å². The number of hydrogen-bond acceptors (Lipinski definition) is 4. The third kappa shape index (κ3) is 3.69. The molecule has 14 heavy (non-hydrogen) atoms. The Kier molecular flexibility index (Phi) is 5.00. The molecule has 0 aliphatic rings. The van der Waals surface area contributed by atoms with E-state index in [2.05, 4.69) is 0 Å². The van der Waals surface area contributed by atoms with Gasteiger partial charge in [0.15, 0.2) is 0 Å². The lowest BCUT2D eigenvalue weighted by molar-refractivity contribution is 0.0702. The number of carboxylic acid groups (broad SMARTS) is 1. The lowest BCUT2D eigenvalue weighted by Crippen LogP contribution is -1.99. The van der Waals surface area contributed by atoms with Crippen LogP contribution in [0.4, 0.5) is 0 Å². The molecule has 3 N–H and O–H groups in total. The molecule has 1 aromatic heterocycles. The van der Waals surface area contributed by atoms with Gasteiger partial charge in [0, 0.05) is 10.6 Å². The summed E-state index contributed by atoms with van der Waals surface area (Å²) in [7, 11) is 0. The van der Waals surface area contributed by atoms with E-state index in [9.17, 15) is 4.79 Å². The molecule has 5 heteroatoms. The van der Waals surface area contributed by atoms with E-state index < -0.39 is 5.97 Å². The smallest absolute Gasteiger partial charge is 0.345 e. The van der Waals surface area contributed by atoms with Crippen LogP contribution in [-0.4, -0.2) is 23.4 Å². The second kappa shape index (κ2) is 6.06. The Morgan fingerprint density at radius 2 is 2.36 bits per heavy atom. The van der Waals surface area contributed by atoms with Gasteiger partial charge in [0.1, 0.15) is 4.88 Å². The summed E-state index contributed by atoms with van der Waals surface area (Å²) in [5.74, 6) is 1.09. The summed E-state index contributed by atoms with van der Waals surface area (Å²) < 4.78 is 0. The number of thiophene rings is 1. The van der Waals surface area contributed by atoms with E-state index in [4.69, 9.17) is 10.8 Å². The maximum atomic E-state index is 10.6. The van der Waals surface area contributed by atoms with Crippen LogP contribution in [-0.2, 0) is 5.75 Å². The van der Waals surface area contributed by atoms with Crippen molar-refractivity contribution < 1.29 is 9.90 Å². The Labute approximate surface area is 91.3 Å². The molecule has 0 spiro atoms. The van der Waals surface area contributed by atoms with E-state index in [0.29, 0.717) is 4.88 Å². The van der Waals surface area contributed by atoms with Crippen LogP contribution < -0.4 is 5.73 Å². The Morgan fingerprint density at radius 3 is 2.93 bits per heavy atom. The first-order valence-corrected chi connectivity index (χ1v) is 6.31. The molecule has 0 aromatic carbocycles. The highest BCUT2D eigenvalue weighted by Crippen LogP contribution is 2.21. The predicted octanol–water partition coefficient (Wildman–Crippen LogP) is 2.03. The number of hydrogen-bond donors (Lipinski definition) is 2. The highest BCUT2D eigenvalue weighted by atomic mass is 32.2. The van der Waals surface area contributed by atoms with Gasteiger partial charge in [-0.3, -0.25) is 0 Å². The summed E-state index contributed by atoms with van der Waals surface area (Å²) in [4.78, 5) is 12.1. The maximum absolute atomic E-state index is 10.6. The maximum Gasteiger partial charge on any atom is 0.345 e. The third-order valence-corrected chi connectivity index (χ3v) is 3.96. The zero-order chi connectivity index (χ0) is 10.4. The van der Waals surface area contributed by atoms with Gasteiger partial charge < -0.3 is 10.8 Å². The average Bonchev–Trinajstić information content (AvgIpc) is 2.61. The highest BCUT2D eigenvalue weighted by Gasteiger charge is 2.06. The summed E-state index contributed by atoms with van der Waals surface area (Å²) in [6.45, 7) is 0.720. The molecule has 0 bridgehead atoms. The monoisotopic (exact) mass is 231 g/mol. The van der Waals surface area contributed by atoms with Crippen LogP contribution in [0.25, 0.3) is 0 Å². The summed E-state index contributed by atoms with van der Waals surface area (Å²) >= 11 is 3.14. The van der Waals surface area contributed by atoms with Crippen LogP contribution in [0.5, 0.6) is 0 Å². The van der Waals surface area contributed by atoms with Crippen molar-refractivity contribution in [1.29, 1.82) is 0 Å². The van der Waals surface area contributed by atoms with Crippen molar-refractivity contribution in [3.63, 3.8) is 0 Å². The van der Waals surface area contributed by atoms with Crippen molar-refractivity contribution >= 4 is 29.1 Å². The second-order valence-electron chi connectivity index (χ2n) is 2.77. The van der Waals surface area contributed by atoms with Crippen LogP contribution in [0.2, 0.25) is 0 Å². The van der Waals surface area contributed by atoms with Crippen molar-refractivity contribution in [2.24, 2.45) is 5.73 Å². The molecule has 0 aliphatic heterocycles. The van der Waals surface area contributed by atoms with Gasteiger partial charge in [-0.1, -0.05) is 0 Å². The number of carboxylic acids is 1. The van der Waals surface area contributed by atoms with Gasteiger partial charge in [-0.05, 0) is 30.9 Å². The molecule has 0 saturated carbocycles. The number of carbonyl (C=O) groups is 1. The summed E-state index contributed by atoms with van der Waals surface area (Å²) in [6.07, 6.45) is 1.02. The summed E-state index contributed by atoms with van der Waals surface area (Å²) in [5.41, 5.74) is 5.36. The first-order chi connectivity index (χ1) is 6.74. The van der Waals surface area contributed by atoms with Gasteiger partial charge >= 0.3 is 5.97 Å². The SMILES string of the molecule is NCCCSCc1ccc(C(=O)O)s1. The molecule has 0 atom stereocenters. The molecule has 1 heterocycles. The fourth-order valence-corrected chi connectivity index (χ4v) is 2.87. The van der Waals surface area contributed by atoms with Crippen molar-refractivity contribution in [2.75, 3.05) is 12.3 Å². The van der Waals surface area contributed by atoms with E-state index in [1.54, 1.807) is 17.8 Å². The molecular weight excluding hydrogens is 218 g/mol. The first kappa shape index (κ1) is 11.6. The molecule has 0 unspecified atom stereocenters. The number of rotatable bonds is 6. The fraction of sp³-hybridized carbons (Fsp3) is 0.444. The Morgan fingerprint density at radius 1 is 1.57 bits per heavy atom. The number of aromatic carboxylic acids is 1. The Bertz CT molecular complexity index is 299. The third-order valence-electron chi connectivity index (χ3n) is 1.61. The number of nitrogens with two attached hydrogens (primary N) is 1. The van der Waals surface area contributed by atoms with Gasteiger partial charge in [-0.15, -0.1) is 11.3 Å². The van der Waals surface area contributed by atoms with E-state index in [1.165, 1.54) is 11.3 Å². The Hall–Kier alpha value is -0.520. The van der Waals surface area contributed by atoms with Crippen molar-refractivity contribution in [2.45, 2.75) is 12.2 Å². The largest absolute Gasteiger partial charge is 0.477 e. The second-order valence-corrected chi connectivity index (χ2v) is 5.04. The van der Waals surface area contributed by atoms with E-state index in [-0.39, 0.29) is 0 Å². The van der Waals surface area contributed by atoms with Gasteiger partial charge in [0.2, 0.25) is 0 Å². The Balaban J connectivity index is 2.33. The van der Waals surface area contributed by atoms with Gasteiger partial charge in [0.25, 0.3) is 0 Å². The van der Waals surface area contributed by atoms with Gasteiger partial charge in [0.05, 0.1) is 0 Å². The average molecular weight is 231 g/mol. The van der Waals surface area contributed by atoms with E-state index in [0.717, 1.165) is 29.3 Å². The molecule has 0 saturated heterocycles. The molecule has 1 rings (SSSR count). The number of thioether (sulfide) groups is 1. The molecule has 1 aromatic rings. The quantitative estimate of drug-likeness (QED) is 0.735. The molecule has 0 fully saturated rings. The first-order valence-electron chi connectivity index (χ1n) is 4.34. The lowest BCUT2D eigenvalue weighted by Gasteiger charge is -1.96. The lowest BCUT2D eigenvalue weighted by atomic mass is 10.4. The van der Waals surface area contributed by atoms with Gasteiger partial charge in [-0.25, -0.2) is 4.79 Å². The minimum atomic E-state index is -0.840. The topological polar surface area (TPSA) is 63.3 Å². The zero-order valence-corrected chi connectivity index (χ0v) is 9.37. The van der Waals surface area contributed by atoms with Crippen molar-refractivity contribution in [3.05, 3.63) is 21.9 Å². The van der Waals surface area contributed by atoms with Crippen LogP contribution in [0.3, 0.4) is 0 Å². The van der Waals surface area contributed by atoms with E-state index >= 15 is 0 Å². The molecule has 0 amide bonds. The molecule has 0 aliphatic carbocycles. The molecular formula is C9H13NO2S2. The highest BCUT2D eigenvalue weighted by molar-refractivity contribution is 7.98.